The van der Waals surface area contributed by atoms with Crippen LogP contribution in [0.2, 0.25) is 0 Å². The number of hydrogen-bond donors (Lipinski definition) is 0. The van der Waals surface area contributed by atoms with Gasteiger partial charge in [-0.05, 0) is 20.8 Å². The van der Waals surface area contributed by atoms with Crippen molar-refractivity contribution in [2.75, 3.05) is 7.05 Å². The van der Waals surface area contributed by atoms with Gasteiger partial charge in [-0.2, -0.15) is 0 Å². The Morgan fingerprint density at radius 1 is 1.40 bits per heavy atom. The van der Waals surface area contributed by atoms with Gasteiger partial charge in [0.05, 0.1) is 0 Å². The molecule has 0 aromatic carbocycles. The van der Waals surface area contributed by atoms with E-state index in [2.05, 4.69) is 20.8 Å². The summed E-state index contributed by atoms with van der Waals surface area (Å²) in [5.41, 5.74) is 0.0683. The molecule has 0 radical (unpaired) electrons. The predicted molar refractivity (Wildman–Crippen MR) is 47.5 cm³/mol. The molecule has 0 aromatic heterocycles. The summed E-state index contributed by atoms with van der Waals surface area (Å²) in [6.45, 7) is 6.22. The van der Waals surface area contributed by atoms with Gasteiger partial charge in [0.15, 0.2) is 0 Å². The summed E-state index contributed by atoms with van der Waals surface area (Å²) in [7, 11) is 1.91. The molecular formula is C6H12KNS2. The van der Waals surface area contributed by atoms with E-state index in [0.717, 1.165) is 0 Å². The van der Waals surface area contributed by atoms with Crippen LogP contribution in [0.4, 0.5) is 0 Å². The normalized spacial score (nSPS) is 10.0. The summed E-state index contributed by atoms with van der Waals surface area (Å²) >= 11 is 9.61. The van der Waals surface area contributed by atoms with Crippen molar-refractivity contribution < 1.29 is 51.4 Å². The number of rotatable bonds is 0. The molecule has 0 aromatic rings. The van der Waals surface area contributed by atoms with Gasteiger partial charge in [0.25, 0.3) is 0 Å². The molecule has 0 spiro atoms. The zero-order valence-electron chi connectivity index (χ0n) is 7.26. The zero-order valence-corrected chi connectivity index (χ0v) is 12.0. The second kappa shape index (κ2) is 5.40. The van der Waals surface area contributed by atoms with Gasteiger partial charge in [0.2, 0.25) is 0 Å². The maximum absolute atomic E-state index is 4.81. The Labute approximate surface area is 117 Å². The van der Waals surface area contributed by atoms with Crippen LogP contribution in [0.3, 0.4) is 0 Å². The maximum Gasteiger partial charge on any atom is 1.00 e. The molecule has 0 fully saturated rings. The van der Waals surface area contributed by atoms with Crippen molar-refractivity contribution >= 4 is 29.2 Å². The van der Waals surface area contributed by atoms with E-state index in [1.165, 1.54) is 0 Å². The van der Waals surface area contributed by atoms with Crippen LogP contribution in [0, 0.1) is 0 Å². The Bertz CT molecular complexity index is 119. The van der Waals surface area contributed by atoms with Gasteiger partial charge in [-0.15, -0.1) is 0 Å². The minimum Gasteiger partial charge on any atom is -0.411 e. The van der Waals surface area contributed by atoms with Crippen LogP contribution in [0.1, 0.15) is 20.8 Å². The zero-order chi connectivity index (χ0) is 7.65. The van der Waals surface area contributed by atoms with Gasteiger partial charge in [-0.3, -0.25) is 0 Å². The largest absolute Gasteiger partial charge is 1.00 e. The molecule has 0 N–H and O–H groups in total. The van der Waals surface area contributed by atoms with E-state index >= 15 is 0 Å². The van der Waals surface area contributed by atoms with Crippen molar-refractivity contribution in [3.8, 4) is 0 Å². The number of nitrogens with zero attached hydrogens (tertiary/aromatic N) is 1. The summed E-state index contributed by atoms with van der Waals surface area (Å²) in [5, 5.41) is 0. The first-order valence-electron chi connectivity index (χ1n) is 2.80. The van der Waals surface area contributed by atoms with E-state index in [1.54, 1.807) is 0 Å². The molecule has 0 aliphatic rings. The minimum atomic E-state index is 0. The van der Waals surface area contributed by atoms with E-state index in [9.17, 15) is 0 Å². The molecule has 0 saturated heterocycles. The Balaban J connectivity index is 0. The molecule has 0 unspecified atom stereocenters. The van der Waals surface area contributed by atoms with E-state index in [1.807, 2.05) is 11.9 Å². The topological polar surface area (TPSA) is 3.24 Å². The van der Waals surface area contributed by atoms with Gasteiger partial charge in [-0.1, -0.05) is 4.32 Å². The monoisotopic (exact) mass is 201 g/mol. The van der Waals surface area contributed by atoms with Crippen molar-refractivity contribution in [1.82, 2.24) is 4.90 Å². The Kier molecular flexibility index (Phi) is 7.71. The molecule has 0 heterocycles. The minimum absolute atomic E-state index is 0. The van der Waals surface area contributed by atoms with Crippen LogP contribution in [-0.2, 0) is 12.6 Å². The second-order valence-corrected chi connectivity index (χ2v) is 4.03. The summed E-state index contributed by atoms with van der Waals surface area (Å²) < 4.78 is 0.530. The molecule has 0 bridgehead atoms. The predicted octanol–water partition coefficient (Wildman–Crippen LogP) is -1.45. The molecule has 54 valence electrons. The van der Waals surface area contributed by atoms with E-state index in [0.29, 0.717) is 4.32 Å². The molecule has 0 amide bonds. The average molecular weight is 201 g/mol. The quantitative estimate of drug-likeness (QED) is 0.268. The van der Waals surface area contributed by atoms with Crippen molar-refractivity contribution in [2.24, 2.45) is 0 Å². The van der Waals surface area contributed by atoms with Crippen molar-refractivity contribution in [3.05, 3.63) is 0 Å². The summed E-state index contributed by atoms with van der Waals surface area (Å²) in [6, 6.07) is 0. The first-order valence-corrected chi connectivity index (χ1v) is 3.62. The molecule has 4 heteroatoms. The number of hydrogen-bond acceptors (Lipinski definition) is 2. The van der Waals surface area contributed by atoms with Crippen LogP contribution >= 0.6 is 12.2 Å². The van der Waals surface area contributed by atoms with Crippen LogP contribution in [-0.4, -0.2) is 21.8 Å². The average Bonchev–Trinajstić information content (AvgIpc) is 1.62. The Morgan fingerprint density at radius 3 is 1.70 bits per heavy atom. The van der Waals surface area contributed by atoms with Gasteiger partial charge in [0, 0.05) is 12.6 Å². The van der Waals surface area contributed by atoms with Crippen LogP contribution in [0.5, 0.6) is 0 Å². The maximum atomic E-state index is 4.81. The first kappa shape index (κ1) is 14.3. The molecule has 1 nitrogen and oxygen atoms in total. The molecular weight excluding hydrogens is 189 g/mol. The van der Waals surface area contributed by atoms with Crippen LogP contribution in [0.15, 0.2) is 0 Å². The third-order valence-electron chi connectivity index (χ3n) is 1.28. The van der Waals surface area contributed by atoms with Crippen LogP contribution in [0.25, 0.3) is 0 Å². The van der Waals surface area contributed by atoms with Gasteiger partial charge < -0.3 is 29.7 Å². The smallest absolute Gasteiger partial charge is 0.411 e. The fourth-order valence-electron chi connectivity index (χ4n) is 0.274. The van der Waals surface area contributed by atoms with Gasteiger partial charge in [-0.25, -0.2) is 0 Å². The summed E-state index contributed by atoms with van der Waals surface area (Å²) in [4.78, 5) is 1.90. The second-order valence-electron chi connectivity index (χ2n) is 3.00. The van der Waals surface area contributed by atoms with E-state index in [-0.39, 0.29) is 56.9 Å². The van der Waals surface area contributed by atoms with Gasteiger partial charge in [0.1, 0.15) is 0 Å². The fraction of sp³-hybridized carbons (Fsp3) is 0.833. The fourth-order valence-corrected chi connectivity index (χ4v) is 0.822. The molecule has 0 aliphatic heterocycles. The third kappa shape index (κ3) is 5.40. The molecule has 0 aliphatic carbocycles. The molecule has 0 rings (SSSR count). The van der Waals surface area contributed by atoms with Crippen molar-refractivity contribution in [3.63, 3.8) is 0 Å². The van der Waals surface area contributed by atoms with Gasteiger partial charge >= 0.3 is 51.4 Å². The van der Waals surface area contributed by atoms with E-state index < -0.39 is 0 Å². The number of thiocarbonyl (C=S) groups is 1. The Morgan fingerprint density at radius 2 is 1.70 bits per heavy atom. The molecule has 0 saturated carbocycles. The SMILES string of the molecule is CN(C(=S)[S-])C(C)(C)C.[K+]. The Hall–Kier alpha value is 1.75. The molecule has 0 atom stereocenters. The van der Waals surface area contributed by atoms with Crippen molar-refractivity contribution in [2.45, 2.75) is 26.3 Å². The van der Waals surface area contributed by atoms with E-state index in [4.69, 9.17) is 24.8 Å². The third-order valence-corrected chi connectivity index (χ3v) is 1.83. The molecule has 10 heavy (non-hydrogen) atoms. The standard InChI is InChI=1S/C6H13NS2.K/c1-6(2,3)7(4)5(8)9;/h1-4H3,(H,8,9);/q;+1/p-1. The summed E-state index contributed by atoms with van der Waals surface area (Å²) in [5.74, 6) is 0. The van der Waals surface area contributed by atoms with Crippen LogP contribution < -0.4 is 51.4 Å². The van der Waals surface area contributed by atoms with Crippen molar-refractivity contribution in [1.29, 1.82) is 0 Å². The first-order chi connectivity index (χ1) is 3.85. The summed E-state index contributed by atoms with van der Waals surface area (Å²) in [6.07, 6.45) is 0.